The number of imidazole rings is 1. The highest BCUT2D eigenvalue weighted by Gasteiger charge is 2.36. The molecule has 0 spiro atoms. The maximum absolute atomic E-state index is 12.7. The smallest absolute Gasteiger partial charge is 0.290 e. The Morgan fingerprint density at radius 3 is 2.96 bits per heavy atom. The number of hydrogen-bond acceptors (Lipinski definition) is 5. The highest BCUT2D eigenvalue weighted by atomic mass is 16.5. The van der Waals surface area contributed by atoms with E-state index in [2.05, 4.69) is 4.98 Å². The number of rotatable bonds is 4. The molecule has 1 saturated heterocycles. The summed E-state index contributed by atoms with van der Waals surface area (Å²) < 4.78 is 13.0. The normalized spacial score (nSPS) is 21.0. The fourth-order valence-corrected chi connectivity index (χ4v) is 2.82. The molecule has 1 aromatic carbocycles. The van der Waals surface area contributed by atoms with E-state index in [0.717, 1.165) is 5.56 Å². The zero-order chi connectivity index (χ0) is 17.9. The fourth-order valence-electron chi connectivity index (χ4n) is 2.82. The molecule has 1 atom stereocenters. The van der Waals surface area contributed by atoms with Crippen molar-refractivity contribution < 1.29 is 19.4 Å². The average molecular weight is 345 g/mol. The van der Waals surface area contributed by atoms with Gasteiger partial charge in [-0.15, -0.1) is 0 Å². The lowest BCUT2D eigenvalue weighted by Gasteiger charge is -2.30. The maximum Gasteiger partial charge on any atom is 0.290 e. The van der Waals surface area contributed by atoms with Crippen molar-refractivity contribution >= 4 is 5.91 Å². The molecule has 0 bridgehead atoms. The van der Waals surface area contributed by atoms with Crippen LogP contribution in [0.3, 0.4) is 0 Å². The average Bonchev–Trinajstić information content (AvgIpc) is 2.92. The van der Waals surface area contributed by atoms with E-state index in [1.54, 1.807) is 28.9 Å². The van der Waals surface area contributed by atoms with E-state index in [1.807, 2.05) is 31.2 Å². The Labute approximate surface area is 146 Å². The van der Waals surface area contributed by atoms with Gasteiger partial charge >= 0.3 is 0 Å². The molecule has 7 nitrogen and oxygen atoms in total. The lowest BCUT2D eigenvalue weighted by atomic mass is 10.1. The van der Waals surface area contributed by atoms with Crippen molar-refractivity contribution in [3.63, 3.8) is 0 Å². The van der Waals surface area contributed by atoms with Crippen LogP contribution in [0, 0.1) is 6.92 Å². The highest BCUT2D eigenvalue weighted by Crippen LogP contribution is 2.20. The predicted molar refractivity (Wildman–Crippen MR) is 91.6 cm³/mol. The quantitative estimate of drug-likeness (QED) is 0.895. The number of nitrogens with zero attached hydrogens (tertiary/aromatic N) is 3. The van der Waals surface area contributed by atoms with Crippen LogP contribution >= 0.6 is 0 Å². The van der Waals surface area contributed by atoms with Crippen molar-refractivity contribution in [3.05, 3.63) is 48.0 Å². The topological polar surface area (TPSA) is 76.8 Å². The number of hydrogen-bond donors (Lipinski definition) is 1. The molecule has 0 unspecified atom stereocenters. The number of amides is 1. The number of carbonyl (C=O) groups excluding carboxylic acids is 1. The van der Waals surface area contributed by atoms with Crippen molar-refractivity contribution in [3.8, 4) is 5.75 Å². The summed E-state index contributed by atoms with van der Waals surface area (Å²) in [6, 6.07) is 7.61. The van der Waals surface area contributed by atoms with Gasteiger partial charge < -0.3 is 24.0 Å². The zero-order valence-electron chi connectivity index (χ0n) is 14.5. The Morgan fingerprint density at radius 1 is 1.44 bits per heavy atom. The fraction of sp³-hybridized carbons (Fsp3) is 0.444. The summed E-state index contributed by atoms with van der Waals surface area (Å²) in [5.41, 5.74) is -0.291. The third kappa shape index (κ3) is 4.00. The minimum Gasteiger partial charge on any atom is -0.490 e. The molecule has 25 heavy (non-hydrogen) atoms. The first-order valence-corrected chi connectivity index (χ1v) is 8.24. The number of aryl methyl sites for hydroxylation is 2. The van der Waals surface area contributed by atoms with E-state index in [4.69, 9.17) is 9.47 Å². The van der Waals surface area contributed by atoms with Crippen molar-refractivity contribution in [2.24, 2.45) is 7.05 Å². The van der Waals surface area contributed by atoms with E-state index < -0.39 is 5.60 Å². The second kappa shape index (κ2) is 7.25. The minimum atomic E-state index is -1.28. The molecule has 0 aliphatic carbocycles. The predicted octanol–water partition coefficient (Wildman–Crippen LogP) is 1.01. The molecule has 2 aromatic rings. The Kier molecular flexibility index (Phi) is 5.06. The van der Waals surface area contributed by atoms with E-state index >= 15 is 0 Å². The molecular formula is C18H23N3O4. The Morgan fingerprint density at radius 2 is 2.24 bits per heavy atom. The summed E-state index contributed by atoms with van der Waals surface area (Å²) in [7, 11) is 1.77. The van der Waals surface area contributed by atoms with Gasteiger partial charge in [0.15, 0.2) is 5.82 Å². The number of aliphatic hydroxyl groups is 1. The molecule has 7 heteroatoms. The standard InChI is InChI=1S/C18H23N3O4/c1-14-5-3-4-6-15(14)25-13-18(23)11-21(9-10-24-12-18)17(22)16-19-7-8-20(16)2/h3-8,23H,9-13H2,1-2H3/t18-/m0/s1. The molecule has 1 aliphatic rings. The number of para-hydroxylation sites is 1. The SMILES string of the molecule is Cc1ccccc1OC[C@@]1(O)COCCN(C(=O)c2nccn2C)C1. The summed E-state index contributed by atoms with van der Waals surface area (Å²) in [6.45, 7) is 3.00. The van der Waals surface area contributed by atoms with Gasteiger partial charge in [-0.05, 0) is 18.6 Å². The second-order valence-electron chi connectivity index (χ2n) is 6.42. The first kappa shape index (κ1) is 17.4. The molecule has 2 heterocycles. The van der Waals surface area contributed by atoms with Gasteiger partial charge in [0.05, 0.1) is 19.8 Å². The van der Waals surface area contributed by atoms with E-state index in [-0.39, 0.29) is 25.7 Å². The summed E-state index contributed by atoms with van der Waals surface area (Å²) in [4.78, 5) is 18.3. The zero-order valence-corrected chi connectivity index (χ0v) is 14.5. The van der Waals surface area contributed by atoms with Crippen LogP contribution in [0.4, 0.5) is 0 Å². The van der Waals surface area contributed by atoms with E-state index in [0.29, 0.717) is 24.7 Å². The summed E-state index contributed by atoms with van der Waals surface area (Å²) in [5.74, 6) is 0.818. The van der Waals surface area contributed by atoms with Crippen molar-refractivity contribution in [1.29, 1.82) is 0 Å². The van der Waals surface area contributed by atoms with Crippen LogP contribution in [0.1, 0.15) is 16.2 Å². The minimum absolute atomic E-state index is 0.0438. The van der Waals surface area contributed by atoms with Crippen molar-refractivity contribution in [1.82, 2.24) is 14.5 Å². The highest BCUT2D eigenvalue weighted by molar-refractivity contribution is 5.90. The van der Waals surface area contributed by atoms with Gasteiger partial charge in [0.2, 0.25) is 0 Å². The van der Waals surface area contributed by atoms with Gasteiger partial charge in [0.1, 0.15) is 18.0 Å². The molecule has 3 rings (SSSR count). The van der Waals surface area contributed by atoms with Crippen LogP contribution in [-0.4, -0.2) is 64.0 Å². The first-order valence-electron chi connectivity index (χ1n) is 8.24. The van der Waals surface area contributed by atoms with Gasteiger partial charge in [-0.1, -0.05) is 18.2 Å². The Hall–Kier alpha value is -2.38. The van der Waals surface area contributed by atoms with Gasteiger partial charge in [-0.25, -0.2) is 4.98 Å². The molecule has 0 saturated carbocycles. The third-order valence-electron chi connectivity index (χ3n) is 4.25. The van der Waals surface area contributed by atoms with Crippen LogP contribution in [0.25, 0.3) is 0 Å². The van der Waals surface area contributed by atoms with Gasteiger partial charge in [-0.2, -0.15) is 0 Å². The monoisotopic (exact) mass is 345 g/mol. The second-order valence-corrected chi connectivity index (χ2v) is 6.42. The third-order valence-corrected chi connectivity index (χ3v) is 4.25. The molecule has 1 N–H and O–H groups in total. The maximum atomic E-state index is 12.7. The Balaban J connectivity index is 1.71. The van der Waals surface area contributed by atoms with E-state index in [1.165, 1.54) is 0 Å². The number of aromatic nitrogens is 2. The Bertz CT molecular complexity index is 745. The molecule has 0 radical (unpaired) electrons. The number of ether oxygens (including phenoxy) is 2. The largest absolute Gasteiger partial charge is 0.490 e. The summed E-state index contributed by atoms with van der Waals surface area (Å²) >= 11 is 0. The van der Waals surface area contributed by atoms with Gasteiger partial charge in [-0.3, -0.25) is 4.79 Å². The lowest BCUT2D eigenvalue weighted by molar-refractivity contribution is -0.0622. The summed E-state index contributed by atoms with van der Waals surface area (Å²) in [5, 5.41) is 10.9. The first-order chi connectivity index (χ1) is 12.0. The number of β-amino-alcohol motifs (C(OH)–C–C–N with tert-alkyl or cyclic N) is 1. The van der Waals surface area contributed by atoms with Gasteiger partial charge in [0, 0.05) is 26.0 Å². The molecule has 1 fully saturated rings. The van der Waals surface area contributed by atoms with E-state index in [9.17, 15) is 9.90 Å². The molecular weight excluding hydrogens is 322 g/mol. The number of benzene rings is 1. The number of carbonyl (C=O) groups is 1. The van der Waals surface area contributed by atoms with Crippen LogP contribution in [0.15, 0.2) is 36.7 Å². The molecule has 1 amide bonds. The van der Waals surface area contributed by atoms with Crippen LogP contribution in [-0.2, 0) is 11.8 Å². The molecule has 134 valence electrons. The van der Waals surface area contributed by atoms with Crippen molar-refractivity contribution in [2.45, 2.75) is 12.5 Å². The van der Waals surface area contributed by atoms with Crippen molar-refractivity contribution in [2.75, 3.05) is 32.9 Å². The van der Waals surface area contributed by atoms with Crippen LogP contribution < -0.4 is 4.74 Å². The van der Waals surface area contributed by atoms with Gasteiger partial charge in [0.25, 0.3) is 5.91 Å². The summed E-state index contributed by atoms with van der Waals surface area (Å²) in [6.07, 6.45) is 3.30. The molecule has 1 aliphatic heterocycles. The van der Waals surface area contributed by atoms with Crippen LogP contribution in [0.5, 0.6) is 5.75 Å². The molecule has 1 aromatic heterocycles. The van der Waals surface area contributed by atoms with Crippen LogP contribution in [0.2, 0.25) is 0 Å². The lowest BCUT2D eigenvalue weighted by Crippen LogP contribution is -2.50.